The molecule has 2 aliphatic carbocycles. The van der Waals surface area contributed by atoms with Crippen molar-refractivity contribution in [2.45, 2.75) is 37.9 Å². The Morgan fingerprint density at radius 3 is 2.23 bits per heavy atom. The molecule has 0 spiro atoms. The molecule has 0 aromatic heterocycles. The van der Waals surface area contributed by atoms with Crippen molar-refractivity contribution in [3.05, 3.63) is 57.6 Å². The first-order chi connectivity index (χ1) is 14.1. The summed E-state index contributed by atoms with van der Waals surface area (Å²) in [6, 6.07) is 6.08. The molecule has 0 saturated carbocycles. The van der Waals surface area contributed by atoms with Crippen LogP contribution >= 0.6 is 0 Å². The van der Waals surface area contributed by atoms with Crippen LogP contribution < -0.4 is 0 Å². The molecule has 0 aliphatic heterocycles. The van der Waals surface area contributed by atoms with E-state index in [2.05, 4.69) is 0 Å². The lowest BCUT2D eigenvalue weighted by Gasteiger charge is -2.38. The number of aromatic hydroxyl groups is 2. The molecule has 4 rings (SSSR count). The fourth-order valence-electron chi connectivity index (χ4n) is 4.36. The quantitative estimate of drug-likeness (QED) is 0.375. The number of benzene rings is 2. The number of ketones is 2. The number of esters is 1. The molecule has 2 atom stereocenters. The van der Waals surface area contributed by atoms with Gasteiger partial charge in [0.1, 0.15) is 11.5 Å². The number of hydrogen-bond donors (Lipinski definition) is 4. The van der Waals surface area contributed by atoms with Gasteiger partial charge in [-0.15, -0.1) is 0 Å². The van der Waals surface area contributed by atoms with Gasteiger partial charge >= 0.3 is 5.97 Å². The molecule has 2 aliphatic rings. The second-order valence-corrected chi connectivity index (χ2v) is 7.75. The summed E-state index contributed by atoms with van der Waals surface area (Å²) < 4.78 is 4.86. The van der Waals surface area contributed by atoms with Crippen molar-refractivity contribution in [2.24, 2.45) is 0 Å². The second kappa shape index (κ2) is 6.93. The van der Waals surface area contributed by atoms with Gasteiger partial charge in [0.25, 0.3) is 0 Å². The number of aliphatic hydroxyl groups is 2. The lowest BCUT2D eigenvalue weighted by atomic mass is 9.72. The van der Waals surface area contributed by atoms with Crippen molar-refractivity contribution < 1.29 is 39.5 Å². The van der Waals surface area contributed by atoms with Gasteiger partial charge < -0.3 is 25.2 Å². The van der Waals surface area contributed by atoms with Crippen molar-refractivity contribution >= 4 is 17.5 Å². The summed E-state index contributed by atoms with van der Waals surface area (Å²) in [7, 11) is 0. The molecule has 0 amide bonds. The average Bonchev–Trinajstić information content (AvgIpc) is 2.68. The van der Waals surface area contributed by atoms with E-state index in [0.717, 1.165) is 0 Å². The molecule has 0 fully saturated rings. The summed E-state index contributed by atoms with van der Waals surface area (Å²) in [5.74, 6) is -2.89. The predicted molar refractivity (Wildman–Crippen MR) is 103 cm³/mol. The minimum Gasteiger partial charge on any atom is -0.507 e. The van der Waals surface area contributed by atoms with E-state index < -0.39 is 40.7 Å². The van der Waals surface area contributed by atoms with E-state index in [1.165, 1.54) is 19.1 Å². The lowest BCUT2D eigenvalue weighted by molar-refractivity contribution is -0.143. The van der Waals surface area contributed by atoms with Gasteiger partial charge in [-0.2, -0.15) is 0 Å². The van der Waals surface area contributed by atoms with Gasteiger partial charge in [0, 0.05) is 48.4 Å². The van der Waals surface area contributed by atoms with Crippen LogP contribution in [0.3, 0.4) is 0 Å². The highest BCUT2D eigenvalue weighted by atomic mass is 16.5. The first kappa shape index (κ1) is 20.1. The van der Waals surface area contributed by atoms with Crippen molar-refractivity contribution in [2.75, 3.05) is 6.61 Å². The molecule has 156 valence electrons. The summed E-state index contributed by atoms with van der Waals surface area (Å²) in [6.45, 7) is 1.13. The van der Waals surface area contributed by atoms with E-state index in [9.17, 15) is 34.8 Å². The maximum absolute atomic E-state index is 13.0. The molecule has 0 radical (unpaired) electrons. The molecule has 0 unspecified atom stereocenters. The van der Waals surface area contributed by atoms with E-state index in [0.29, 0.717) is 0 Å². The average molecular weight is 412 g/mol. The van der Waals surface area contributed by atoms with Crippen LogP contribution in [-0.4, -0.2) is 50.2 Å². The largest absolute Gasteiger partial charge is 0.507 e. The molecule has 8 heteroatoms. The first-order valence-electron chi connectivity index (χ1n) is 9.47. The molecule has 2 aromatic carbocycles. The van der Waals surface area contributed by atoms with Crippen LogP contribution in [0, 0.1) is 0 Å². The van der Waals surface area contributed by atoms with Crippen LogP contribution in [0.25, 0.3) is 0 Å². The van der Waals surface area contributed by atoms with Crippen molar-refractivity contribution in [1.82, 2.24) is 0 Å². The normalized spacial score (nSPS) is 22.2. The van der Waals surface area contributed by atoms with E-state index in [1.807, 2.05) is 0 Å². The van der Waals surface area contributed by atoms with E-state index in [-0.39, 0.29) is 59.3 Å². The van der Waals surface area contributed by atoms with Crippen LogP contribution in [-0.2, 0) is 16.0 Å². The Morgan fingerprint density at radius 2 is 1.67 bits per heavy atom. The third-order valence-electron chi connectivity index (χ3n) is 5.75. The van der Waals surface area contributed by atoms with Gasteiger partial charge in [0.15, 0.2) is 11.6 Å². The fourth-order valence-corrected chi connectivity index (χ4v) is 4.36. The summed E-state index contributed by atoms with van der Waals surface area (Å²) in [6.07, 6.45) is -1.81. The van der Waals surface area contributed by atoms with E-state index in [4.69, 9.17) is 4.74 Å². The number of carbonyl (C=O) groups excluding carboxylic acids is 3. The lowest BCUT2D eigenvalue weighted by Crippen LogP contribution is -2.39. The fraction of sp³-hybridized carbons (Fsp3) is 0.318. The summed E-state index contributed by atoms with van der Waals surface area (Å²) in [4.78, 5) is 36.9. The molecule has 2 aromatic rings. The molecule has 0 bridgehead atoms. The predicted octanol–water partition coefficient (Wildman–Crippen LogP) is 1.54. The van der Waals surface area contributed by atoms with Crippen LogP contribution in [0.1, 0.15) is 68.8 Å². The Hall–Kier alpha value is -3.23. The highest BCUT2D eigenvalue weighted by Crippen LogP contribution is 2.50. The second-order valence-electron chi connectivity index (χ2n) is 7.75. The minimum absolute atomic E-state index is 0.00384. The summed E-state index contributed by atoms with van der Waals surface area (Å²) >= 11 is 0. The van der Waals surface area contributed by atoms with Crippen LogP contribution in [0.2, 0.25) is 0 Å². The zero-order chi connectivity index (χ0) is 21.8. The molecule has 4 N–H and O–H groups in total. The minimum atomic E-state index is -1.54. The van der Waals surface area contributed by atoms with Gasteiger partial charge in [0.2, 0.25) is 0 Å². The standard InChI is InChI=1S/C22H20O8/c1-10(23)30-7-6-22(29)8-13-15(14(24)9-22)21(28)17-16(20(13)27)18(25)11-4-2-3-5-12(11)19(17)26/h2-5,14,24,27-29H,6-9H2,1H3/t14-,22-/m0/s1. The number of rotatable bonds is 3. The number of aliphatic hydroxyl groups excluding tert-OH is 1. The number of ether oxygens (including phenoxy) is 1. The van der Waals surface area contributed by atoms with Crippen LogP contribution in [0.5, 0.6) is 11.5 Å². The molecule has 8 nitrogen and oxygen atoms in total. The Kier molecular flexibility index (Phi) is 4.63. The molecule has 30 heavy (non-hydrogen) atoms. The SMILES string of the molecule is CC(=O)OCC[C@]1(O)Cc2c(O)c3c(c(O)c2[C@@H](O)C1)C(=O)c1ccccc1C3=O. The van der Waals surface area contributed by atoms with Crippen molar-refractivity contribution in [3.63, 3.8) is 0 Å². The zero-order valence-corrected chi connectivity index (χ0v) is 16.1. The van der Waals surface area contributed by atoms with Gasteiger partial charge in [-0.05, 0) is 0 Å². The Bertz CT molecular complexity index is 1100. The van der Waals surface area contributed by atoms with E-state index >= 15 is 0 Å². The molecular formula is C22H20O8. The molecule has 0 saturated heterocycles. The first-order valence-corrected chi connectivity index (χ1v) is 9.47. The Balaban J connectivity index is 1.84. The third kappa shape index (κ3) is 2.96. The van der Waals surface area contributed by atoms with E-state index in [1.54, 1.807) is 12.1 Å². The highest BCUT2D eigenvalue weighted by molar-refractivity contribution is 6.30. The number of phenolic OH excluding ortho intramolecular Hbond substituents is 2. The smallest absolute Gasteiger partial charge is 0.302 e. The Labute approximate surface area is 171 Å². The maximum atomic E-state index is 13.0. The number of phenols is 2. The van der Waals surface area contributed by atoms with Gasteiger partial charge in [0.05, 0.1) is 29.4 Å². The van der Waals surface area contributed by atoms with Gasteiger partial charge in [-0.1, -0.05) is 24.3 Å². The number of hydrogen-bond acceptors (Lipinski definition) is 8. The van der Waals surface area contributed by atoms with Crippen LogP contribution in [0.15, 0.2) is 24.3 Å². The molecular weight excluding hydrogens is 392 g/mol. The Morgan fingerprint density at radius 1 is 1.10 bits per heavy atom. The van der Waals surface area contributed by atoms with Gasteiger partial charge in [-0.3, -0.25) is 14.4 Å². The topological polar surface area (TPSA) is 141 Å². The maximum Gasteiger partial charge on any atom is 0.302 e. The van der Waals surface area contributed by atoms with Gasteiger partial charge in [-0.25, -0.2) is 0 Å². The van der Waals surface area contributed by atoms with Crippen molar-refractivity contribution in [3.8, 4) is 11.5 Å². The summed E-state index contributed by atoms with van der Waals surface area (Å²) in [5, 5.41) is 43.2. The number of fused-ring (bicyclic) bond motifs is 3. The monoisotopic (exact) mass is 412 g/mol. The highest BCUT2D eigenvalue weighted by Gasteiger charge is 2.44. The summed E-state index contributed by atoms with van der Waals surface area (Å²) in [5.41, 5.74) is -2.11. The zero-order valence-electron chi connectivity index (χ0n) is 16.1. The van der Waals surface area contributed by atoms with Crippen molar-refractivity contribution in [1.29, 1.82) is 0 Å². The van der Waals surface area contributed by atoms with Crippen LogP contribution in [0.4, 0.5) is 0 Å². The third-order valence-corrected chi connectivity index (χ3v) is 5.75. The number of carbonyl (C=O) groups is 3. The molecule has 0 heterocycles.